The molecule has 2 heteroatoms. The molecule has 3 fully saturated rings. The average molecular weight is 401 g/mol. The van der Waals surface area contributed by atoms with Gasteiger partial charge in [0, 0.05) is 0 Å². The Bertz CT molecular complexity index is 674. The molecule has 29 heavy (non-hydrogen) atoms. The summed E-state index contributed by atoms with van der Waals surface area (Å²) in [5.41, 5.74) is 3.23. The smallest absolute Gasteiger partial charge is 0.101 e. The summed E-state index contributed by atoms with van der Waals surface area (Å²) < 4.78 is 0. The van der Waals surface area contributed by atoms with E-state index in [-0.39, 0.29) is 5.41 Å². The van der Waals surface area contributed by atoms with E-state index in [9.17, 15) is 10.2 Å². The third-order valence-electron chi connectivity index (χ3n) is 10.1. The van der Waals surface area contributed by atoms with Crippen molar-refractivity contribution in [1.82, 2.24) is 0 Å². The number of rotatable bonds is 4. The molecule has 0 aromatic rings. The van der Waals surface area contributed by atoms with Crippen molar-refractivity contribution < 1.29 is 10.2 Å². The van der Waals surface area contributed by atoms with Crippen LogP contribution < -0.4 is 0 Å². The van der Waals surface area contributed by atoms with Gasteiger partial charge in [-0.1, -0.05) is 38.5 Å². The van der Waals surface area contributed by atoms with Crippen LogP contribution in [0.3, 0.4) is 0 Å². The summed E-state index contributed by atoms with van der Waals surface area (Å²) in [5, 5.41) is 20.9. The van der Waals surface area contributed by atoms with Crippen molar-refractivity contribution in [2.24, 2.45) is 40.4 Å². The first-order chi connectivity index (χ1) is 13.7. The van der Waals surface area contributed by atoms with Gasteiger partial charge in [-0.3, -0.25) is 0 Å². The van der Waals surface area contributed by atoms with E-state index in [1.807, 2.05) is 0 Å². The fourth-order valence-corrected chi connectivity index (χ4v) is 8.53. The molecule has 9 atom stereocenters. The molecule has 0 aromatic heterocycles. The summed E-state index contributed by atoms with van der Waals surface area (Å²) in [4.78, 5) is 0. The van der Waals surface area contributed by atoms with Gasteiger partial charge in [0.15, 0.2) is 0 Å². The Morgan fingerprint density at radius 3 is 2.59 bits per heavy atom. The van der Waals surface area contributed by atoms with Gasteiger partial charge in [-0.25, -0.2) is 0 Å². The fraction of sp³-hybridized carbons (Fsp3) is 0.852. The number of allylic oxidation sites excluding steroid dienone is 3. The summed E-state index contributed by atoms with van der Waals surface area (Å²) in [6.45, 7) is 12.0. The lowest BCUT2D eigenvalue weighted by Gasteiger charge is -2.59. The van der Waals surface area contributed by atoms with Gasteiger partial charge in [-0.2, -0.15) is 0 Å². The van der Waals surface area contributed by atoms with E-state index in [0.717, 1.165) is 42.9 Å². The van der Waals surface area contributed by atoms with Crippen molar-refractivity contribution >= 4 is 0 Å². The topological polar surface area (TPSA) is 40.5 Å². The molecule has 0 heterocycles. The number of hydrogen-bond acceptors (Lipinski definition) is 2. The molecule has 2 unspecified atom stereocenters. The van der Waals surface area contributed by atoms with Gasteiger partial charge >= 0.3 is 0 Å². The van der Waals surface area contributed by atoms with Gasteiger partial charge in [0.25, 0.3) is 0 Å². The summed E-state index contributed by atoms with van der Waals surface area (Å²) >= 11 is 0. The summed E-state index contributed by atoms with van der Waals surface area (Å²) in [6.07, 6.45) is 14.6. The van der Waals surface area contributed by atoms with Crippen LogP contribution >= 0.6 is 0 Å². The molecule has 0 bridgehead atoms. The molecule has 4 rings (SSSR count). The SMILES string of the molecule is CC(C)=CCC[C@@H](C)[C@H]1CC[C@H]2[C@@H]3CC=C4C(O)C(O)CC[C@]4(C)[C@H]3CC[C@]12C. The van der Waals surface area contributed by atoms with Crippen molar-refractivity contribution in [1.29, 1.82) is 0 Å². The molecular weight excluding hydrogens is 356 g/mol. The number of fused-ring (bicyclic) bond motifs is 5. The normalized spacial score (nSPS) is 47.5. The minimum atomic E-state index is -0.630. The molecule has 0 radical (unpaired) electrons. The second-order valence-corrected chi connectivity index (χ2v) is 11.8. The predicted molar refractivity (Wildman–Crippen MR) is 120 cm³/mol. The van der Waals surface area contributed by atoms with E-state index in [4.69, 9.17) is 0 Å². The summed E-state index contributed by atoms with van der Waals surface area (Å²) in [6, 6.07) is 0. The molecule has 4 aliphatic carbocycles. The highest BCUT2D eigenvalue weighted by Gasteiger charge is 2.60. The molecule has 2 N–H and O–H groups in total. The van der Waals surface area contributed by atoms with E-state index < -0.39 is 12.2 Å². The summed E-state index contributed by atoms with van der Waals surface area (Å²) in [7, 11) is 0. The predicted octanol–water partition coefficient (Wildman–Crippen LogP) is 6.28. The lowest BCUT2D eigenvalue weighted by molar-refractivity contribution is -0.0800. The van der Waals surface area contributed by atoms with Crippen LogP contribution in [0.2, 0.25) is 0 Å². The lowest BCUT2D eigenvalue weighted by atomic mass is 9.46. The fourth-order valence-electron chi connectivity index (χ4n) is 8.53. The maximum absolute atomic E-state index is 10.7. The van der Waals surface area contributed by atoms with Crippen molar-refractivity contribution in [3.8, 4) is 0 Å². The second-order valence-electron chi connectivity index (χ2n) is 11.8. The van der Waals surface area contributed by atoms with E-state index in [1.54, 1.807) is 0 Å². The highest BCUT2D eigenvalue weighted by atomic mass is 16.3. The minimum absolute atomic E-state index is 0.107. The van der Waals surface area contributed by atoms with Crippen LogP contribution in [0.25, 0.3) is 0 Å². The molecule has 2 nitrogen and oxygen atoms in total. The van der Waals surface area contributed by atoms with E-state index in [2.05, 4.69) is 46.8 Å². The van der Waals surface area contributed by atoms with Crippen LogP contribution in [0.5, 0.6) is 0 Å². The Labute approximate surface area is 178 Å². The van der Waals surface area contributed by atoms with Crippen LogP contribution in [0, 0.1) is 40.4 Å². The Kier molecular flexibility index (Phi) is 5.84. The lowest BCUT2D eigenvalue weighted by Crippen LogP contribution is -2.53. The Morgan fingerprint density at radius 1 is 1.10 bits per heavy atom. The molecule has 0 aliphatic heterocycles. The van der Waals surface area contributed by atoms with Gasteiger partial charge in [0.2, 0.25) is 0 Å². The molecule has 0 amide bonds. The van der Waals surface area contributed by atoms with Crippen LogP contribution in [-0.4, -0.2) is 22.4 Å². The second kappa shape index (κ2) is 7.83. The van der Waals surface area contributed by atoms with E-state index in [1.165, 1.54) is 49.7 Å². The Hall–Kier alpha value is -0.600. The largest absolute Gasteiger partial charge is 0.390 e. The molecule has 0 saturated heterocycles. The van der Waals surface area contributed by atoms with Crippen molar-refractivity contribution in [3.63, 3.8) is 0 Å². The molecule has 164 valence electrons. The maximum atomic E-state index is 10.7. The Morgan fingerprint density at radius 2 is 1.86 bits per heavy atom. The maximum Gasteiger partial charge on any atom is 0.101 e. The third-order valence-corrected chi connectivity index (χ3v) is 10.1. The molecular formula is C27H44O2. The molecule has 3 saturated carbocycles. The monoisotopic (exact) mass is 400 g/mol. The van der Waals surface area contributed by atoms with Crippen LogP contribution in [0.4, 0.5) is 0 Å². The third kappa shape index (κ3) is 3.47. The van der Waals surface area contributed by atoms with Gasteiger partial charge in [0.05, 0.1) is 6.10 Å². The van der Waals surface area contributed by atoms with Crippen molar-refractivity contribution in [2.45, 2.75) is 105 Å². The number of aliphatic hydroxyl groups is 2. The van der Waals surface area contributed by atoms with Crippen LogP contribution in [-0.2, 0) is 0 Å². The van der Waals surface area contributed by atoms with Crippen LogP contribution in [0.1, 0.15) is 92.4 Å². The highest BCUT2D eigenvalue weighted by Crippen LogP contribution is 2.67. The highest BCUT2D eigenvalue weighted by molar-refractivity contribution is 5.29. The van der Waals surface area contributed by atoms with Gasteiger partial charge in [0.1, 0.15) is 6.10 Å². The molecule has 0 spiro atoms. The summed E-state index contributed by atoms with van der Waals surface area (Å²) in [5.74, 6) is 4.00. The number of hydrogen-bond donors (Lipinski definition) is 2. The van der Waals surface area contributed by atoms with Gasteiger partial charge in [-0.15, -0.1) is 0 Å². The van der Waals surface area contributed by atoms with E-state index >= 15 is 0 Å². The van der Waals surface area contributed by atoms with Crippen molar-refractivity contribution in [2.75, 3.05) is 0 Å². The number of aliphatic hydroxyl groups excluding tert-OH is 2. The zero-order valence-electron chi connectivity index (χ0n) is 19.5. The first-order valence-electron chi connectivity index (χ1n) is 12.4. The quantitative estimate of drug-likeness (QED) is 0.545. The van der Waals surface area contributed by atoms with E-state index in [0.29, 0.717) is 11.3 Å². The standard InChI is InChI=1S/C27H44O2/c1-17(2)7-6-8-18(3)20-11-12-21-19-9-10-23-25(29)24(28)14-16-27(23,5)22(19)13-15-26(20,21)4/h7,10,18-22,24-25,28-29H,6,8-9,11-16H2,1-5H3/t18-,19+,20-,21+,22+,24?,25?,26-,27-/m1/s1. The first-order valence-corrected chi connectivity index (χ1v) is 12.4. The van der Waals surface area contributed by atoms with Gasteiger partial charge in [-0.05, 0) is 118 Å². The average Bonchev–Trinajstić information content (AvgIpc) is 3.02. The zero-order valence-corrected chi connectivity index (χ0v) is 19.5. The first kappa shape index (κ1) is 21.6. The molecule has 4 aliphatic rings. The van der Waals surface area contributed by atoms with Crippen molar-refractivity contribution in [3.05, 3.63) is 23.3 Å². The minimum Gasteiger partial charge on any atom is -0.390 e. The zero-order chi connectivity index (χ0) is 21.0. The van der Waals surface area contributed by atoms with Crippen LogP contribution in [0.15, 0.2) is 23.3 Å². The Balaban J connectivity index is 1.53. The van der Waals surface area contributed by atoms with Gasteiger partial charge < -0.3 is 10.2 Å². The molecule has 0 aromatic carbocycles.